The van der Waals surface area contributed by atoms with Gasteiger partial charge in [0.1, 0.15) is 11.8 Å². The van der Waals surface area contributed by atoms with Crippen molar-refractivity contribution in [3.05, 3.63) is 60.2 Å². The van der Waals surface area contributed by atoms with Gasteiger partial charge in [0.05, 0.1) is 19.2 Å². The van der Waals surface area contributed by atoms with Crippen molar-refractivity contribution < 1.29 is 19.1 Å². The zero-order valence-electron chi connectivity index (χ0n) is 16.1. The highest BCUT2D eigenvalue weighted by Crippen LogP contribution is 2.26. The summed E-state index contributed by atoms with van der Waals surface area (Å²) in [4.78, 5) is 40.8. The minimum atomic E-state index is -0.751. The number of nitrogens with zero attached hydrogens (tertiary/aromatic N) is 2. The summed E-state index contributed by atoms with van der Waals surface area (Å²) in [5.74, 6) is 0.0159. The Hall–Kier alpha value is -3.15. The maximum Gasteiger partial charge on any atom is 0.257 e. The molecule has 1 aliphatic rings. The second-order valence-electron chi connectivity index (χ2n) is 6.66. The van der Waals surface area contributed by atoms with Crippen LogP contribution in [0.15, 0.2) is 54.6 Å². The maximum absolute atomic E-state index is 13.0. The van der Waals surface area contributed by atoms with E-state index in [9.17, 15) is 14.4 Å². The predicted octanol–water partition coefficient (Wildman–Crippen LogP) is 2.81. The number of benzene rings is 2. The Kier molecular flexibility index (Phi) is 6.09. The van der Waals surface area contributed by atoms with Crippen LogP contribution >= 0.6 is 0 Å². The fourth-order valence-electron chi connectivity index (χ4n) is 3.41. The molecule has 0 bridgehead atoms. The molecule has 1 fully saturated rings. The molecule has 0 spiro atoms. The fraction of sp³-hybridized carbons (Fsp3) is 0.318. The molecule has 0 radical (unpaired) electrons. The lowest BCUT2D eigenvalue weighted by Crippen LogP contribution is -2.46. The molecule has 6 nitrogen and oxygen atoms in total. The minimum absolute atomic E-state index is 0.0160. The molecule has 0 N–H and O–H groups in total. The van der Waals surface area contributed by atoms with Gasteiger partial charge in [0.15, 0.2) is 0 Å². The number of carbonyl (C=O) groups excluding carboxylic acids is 3. The monoisotopic (exact) mass is 380 g/mol. The molecular weight excluding hydrogens is 356 g/mol. The second-order valence-corrected chi connectivity index (χ2v) is 6.66. The average molecular weight is 380 g/mol. The molecule has 3 amide bonds. The molecule has 3 rings (SSSR count). The van der Waals surface area contributed by atoms with E-state index in [1.165, 1.54) is 4.90 Å². The molecule has 28 heavy (non-hydrogen) atoms. The van der Waals surface area contributed by atoms with Gasteiger partial charge in [0, 0.05) is 13.0 Å². The van der Waals surface area contributed by atoms with Crippen LogP contribution in [0.4, 0.5) is 5.69 Å². The number of amides is 3. The fourth-order valence-corrected chi connectivity index (χ4v) is 3.41. The SMILES string of the molecule is CCC(=O)N(CCc1ccc(OC)cc1)[C@@H]1CC(=O)N(c2ccccc2)C1=O. The highest BCUT2D eigenvalue weighted by atomic mass is 16.5. The van der Waals surface area contributed by atoms with Gasteiger partial charge in [0.2, 0.25) is 11.8 Å². The van der Waals surface area contributed by atoms with E-state index in [0.29, 0.717) is 18.7 Å². The molecule has 1 atom stereocenters. The number of imide groups is 1. The van der Waals surface area contributed by atoms with Crippen molar-refractivity contribution in [1.82, 2.24) is 4.90 Å². The van der Waals surface area contributed by atoms with Crippen LogP contribution in [0.2, 0.25) is 0 Å². The summed E-state index contributed by atoms with van der Waals surface area (Å²) in [6.45, 7) is 2.14. The lowest BCUT2D eigenvalue weighted by Gasteiger charge is -2.27. The molecular formula is C22H24N2O4. The largest absolute Gasteiger partial charge is 0.497 e. The summed E-state index contributed by atoms with van der Waals surface area (Å²) in [5.41, 5.74) is 1.57. The van der Waals surface area contributed by atoms with Crippen LogP contribution in [0, 0.1) is 0 Å². The first-order valence-corrected chi connectivity index (χ1v) is 9.39. The highest BCUT2D eigenvalue weighted by molar-refractivity contribution is 6.23. The number of anilines is 1. The van der Waals surface area contributed by atoms with Gasteiger partial charge in [-0.3, -0.25) is 14.4 Å². The molecule has 2 aromatic rings. The van der Waals surface area contributed by atoms with Gasteiger partial charge >= 0.3 is 0 Å². The third kappa shape index (κ3) is 4.06. The van der Waals surface area contributed by atoms with Crippen molar-refractivity contribution in [3.63, 3.8) is 0 Å². The molecule has 0 unspecified atom stereocenters. The van der Waals surface area contributed by atoms with Crippen molar-refractivity contribution in [2.24, 2.45) is 0 Å². The average Bonchev–Trinajstić information content (AvgIpc) is 3.02. The molecule has 0 aromatic heterocycles. The molecule has 1 heterocycles. The van der Waals surface area contributed by atoms with Crippen LogP contribution in [0.25, 0.3) is 0 Å². The Morgan fingerprint density at radius 3 is 2.39 bits per heavy atom. The zero-order valence-corrected chi connectivity index (χ0v) is 16.1. The van der Waals surface area contributed by atoms with Crippen LogP contribution in [0.5, 0.6) is 5.75 Å². The Bertz CT molecular complexity index is 849. The summed E-state index contributed by atoms with van der Waals surface area (Å²) < 4.78 is 5.16. The van der Waals surface area contributed by atoms with Gasteiger partial charge in [-0.2, -0.15) is 0 Å². The van der Waals surface area contributed by atoms with Gasteiger partial charge in [-0.25, -0.2) is 4.90 Å². The normalized spacial score (nSPS) is 16.4. The number of rotatable bonds is 7. The van der Waals surface area contributed by atoms with Crippen LogP contribution in [-0.4, -0.2) is 42.3 Å². The van der Waals surface area contributed by atoms with Gasteiger partial charge in [-0.05, 0) is 36.2 Å². The van der Waals surface area contributed by atoms with E-state index in [4.69, 9.17) is 4.74 Å². The van der Waals surface area contributed by atoms with Crippen LogP contribution in [-0.2, 0) is 20.8 Å². The molecule has 1 aliphatic heterocycles. The third-order valence-corrected chi connectivity index (χ3v) is 4.94. The van der Waals surface area contributed by atoms with Crippen molar-refractivity contribution in [2.45, 2.75) is 32.2 Å². The molecule has 1 saturated heterocycles. The van der Waals surface area contributed by atoms with Crippen LogP contribution in [0.1, 0.15) is 25.3 Å². The first-order valence-electron chi connectivity index (χ1n) is 9.39. The van der Waals surface area contributed by atoms with Crippen LogP contribution in [0.3, 0.4) is 0 Å². The van der Waals surface area contributed by atoms with E-state index in [2.05, 4.69) is 0 Å². The van der Waals surface area contributed by atoms with Gasteiger partial charge in [-0.1, -0.05) is 37.3 Å². The summed E-state index contributed by atoms with van der Waals surface area (Å²) >= 11 is 0. The smallest absolute Gasteiger partial charge is 0.257 e. The number of methoxy groups -OCH3 is 1. The second kappa shape index (κ2) is 8.69. The number of hydrogen-bond acceptors (Lipinski definition) is 4. The number of ether oxygens (including phenoxy) is 1. The number of para-hydroxylation sites is 1. The Balaban J connectivity index is 1.76. The van der Waals surface area contributed by atoms with E-state index in [-0.39, 0.29) is 30.6 Å². The van der Waals surface area contributed by atoms with E-state index in [1.807, 2.05) is 30.3 Å². The van der Waals surface area contributed by atoms with Crippen molar-refractivity contribution >= 4 is 23.4 Å². The number of hydrogen-bond donors (Lipinski definition) is 0. The summed E-state index contributed by atoms with van der Waals surface area (Å²) in [7, 11) is 1.61. The summed E-state index contributed by atoms with van der Waals surface area (Å²) in [6, 6.07) is 15.7. The summed E-state index contributed by atoms with van der Waals surface area (Å²) in [6.07, 6.45) is 0.896. The van der Waals surface area contributed by atoms with Crippen LogP contribution < -0.4 is 9.64 Å². The molecule has 146 valence electrons. The third-order valence-electron chi connectivity index (χ3n) is 4.94. The highest BCUT2D eigenvalue weighted by Gasteiger charge is 2.43. The minimum Gasteiger partial charge on any atom is -0.497 e. The lowest BCUT2D eigenvalue weighted by atomic mass is 10.1. The Morgan fingerprint density at radius 1 is 1.11 bits per heavy atom. The zero-order chi connectivity index (χ0) is 20.1. The topological polar surface area (TPSA) is 66.9 Å². The van der Waals surface area contributed by atoms with Crippen molar-refractivity contribution in [1.29, 1.82) is 0 Å². The van der Waals surface area contributed by atoms with E-state index in [1.54, 1.807) is 43.2 Å². The molecule has 6 heteroatoms. The van der Waals surface area contributed by atoms with E-state index >= 15 is 0 Å². The van der Waals surface area contributed by atoms with Gasteiger partial charge < -0.3 is 9.64 Å². The van der Waals surface area contributed by atoms with E-state index in [0.717, 1.165) is 11.3 Å². The van der Waals surface area contributed by atoms with Gasteiger partial charge in [-0.15, -0.1) is 0 Å². The Labute approximate surface area is 164 Å². The standard InChI is InChI=1S/C22H24N2O4/c1-3-20(25)23(14-13-16-9-11-18(28-2)12-10-16)19-15-21(26)24(22(19)27)17-7-5-4-6-8-17/h4-12,19H,3,13-15H2,1-2H3/t19-/m1/s1. The first-order chi connectivity index (χ1) is 13.5. The quantitative estimate of drug-likeness (QED) is 0.693. The molecule has 0 saturated carbocycles. The van der Waals surface area contributed by atoms with Crippen molar-refractivity contribution in [3.8, 4) is 5.75 Å². The van der Waals surface area contributed by atoms with Gasteiger partial charge in [0.25, 0.3) is 5.91 Å². The maximum atomic E-state index is 13.0. The predicted molar refractivity (Wildman–Crippen MR) is 106 cm³/mol. The number of carbonyl (C=O) groups is 3. The van der Waals surface area contributed by atoms with Crippen molar-refractivity contribution in [2.75, 3.05) is 18.6 Å². The Morgan fingerprint density at radius 2 is 1.79 bits per heavy atom. The lowest BCUT2D eigenvalue weighted by molar-refractivity contribution is -0.138. The molecule has 0 aliphatic carbocycles. The first kappa shape index (κ1) is 19.6. The summed E-state index contributed by atoms with van der Waals surface area (Å²) in [5, 5.41) is 0. The molecule has 2 aromatic carbocycles. The van der Waals surface area contributed by atoms with E-state index < -0.39 is 6.04 Å².